The summed E-state index contributed by atoms with van der Waals surface area (Å²) in [6.07, 6.45) is 0. The predicted molar refractivity (Wildman–Crippen MR) is 127 cm³/mol. The second-order valence-corrected chi connectivity index (χ2v) is 8.76. The SMILES string of the molecule is Cc1ccc(Cn2c(SCC(=O)c3cc(C)ccc3C)nc3ccccc3c2=O)cc1. The van der Waals surface area contributed by atoms with E-state index < -0.39 is 0 Å². The van der Waals surface area contributed by atoms with E-state index in [9.17, 15) is 9.59 Å². The first-order valence-corrected chi connectivity index (χ1v) is 11.2. The molecule has 0 radical (unpaired) electrons. The quantitative estimate of drug-likeness (QED) is 0.236. The van der Waals surface area contributed by atoms with Crippen molar-refractivity contribution in [3.05, 3.63) is 105 Å². The van der Waals surface area contributed by atoms with Crippen LogP contribution >= 0.6 is 11.8 Å². The van der Waals surface area contributed by atoms with Gasteiger partial charge in [0.25, 0.3) is 5.56 Å². The fourth-order valence-electron chi connectivity index (χ4n) is 3.52. The monoisotopic (exact) mass is 428 g/mol. The summed E-state index contributed by atoms with van der Waals surface area (Å²) in [6.45, 7) is 6.37. The Bertz CT molecular complexity index is 1320. The van der Waals surface area contributed by atoms with Gasteiger partial charge in [0, 0.05) is 5.56 Å². The van der Waals surface area contributed by atoms with Crippen molar-refractivity contribution in [1.29, 1.82) is 0 Å². The molecular weight excluding hydrogens is 404 g/mol. The number of aryl methyl sites for hydroxylation is 3. The van der Waals surface area contributed by atoms with Crippen molar-refractivity contribution in [3.8, 4) is 0 Å². The maximum Gasteiger partial charge on any atom is 0.262 e. The second-order valence-electron chi connectivity index (χ2n) is 7.82. The highest BCUT2D eigenvalue weighted by atomic mass is 32.2. The molecule has 0 N–H and O–H groups in total. The lowest BCUT2D eigenvalue weighted by Crippen LogP contribution is -2.24. The fourth-order valence-corrected chi connectivity index (χ4v) is 4.40. The summed E-state index contributed by atoms with van der Waals surface area (Å²) >= 11 is 1.32. The maximum absolute atomic E-state index is 13.3. The van der Waals surface area contributed by atoms with Crippen LogP contribution in [0, 0.1) is 20.8 Å². The van der Waals surface area contributed by atoms with Crippen molar-refractivity contribution in [3.63, 3.8) is 0 Å². The van der Waals surface area contributed by atoms with Gasteiger partial charge in [-0.25, -0.2) is 4.98 Å². The molecule has 0 saturated heterocycles. The molecule has 0 spiro atoms. The van der Waals surface area contributed by atoms with Gasteiger partial charge in [-0.15, -0.1) is 0 Å². The number of ketones is 1. The van der Waals surface area contributed by atoms with Crippen molar-refractivity contribution in [2.24, 2.45) is 0 Å². The third kappa shape index (κ3) is 4.62. The number of hydrogen-bond acceptors (Lipinski definition) is 4. The van der Waals surface area contributed by atoms with E-state index in [2.05, 4.69) is 0 Å². The van der Waals surface area contributed by atoms with Crippen LogP contribution in [-0.4, -0.2) is 21.1 Å². The molecule has 4 rings (SSSR count). The Hall–Kier alpha value is -3.18. The molecule has 1 heterocycles. The summed E-state index contributed by atoms with van der Waals surface area (Å²) < 4.78 is 1.67. The van der Waals surface area contributed by atoms with Crippen molar-refractivity contribution < 1.29 is 4.79 Å². The Morgan fingerprint density at radius 3 is 2.42 bits per heavy atom. The third-order valence-electron chi connectivity index (χ3n) is 5.31. The van der Waals surface area contributed by atoms with E-state index in [0.717, 1.165) is 22.3 Å². The summed E-state index contributed by atoms with van der Waals surface area (Å²) in [5, 5.41) is 1.14. The number of aromatic nitrogens is 2. The van der Waals surface area contributed by atoms with Crippen LogP contribution in [-0.2, 0) is 6.54 Å². The number of Topliss-reactive ketones (excluding diaryl/α,β-unsaturated/α-hetero) is 1. The zero-order chi connectivity index (χ0) is 22.0. The zero-order valence-corrected chi connectivity index (χ0v) is 18.7. The van der Waals surface area contributed by atoms with Gasteiger partial charge in [0.2, 0.25) is 0 Å². The van der Waals surface area contributed by atoms with E-state index in [1.165, 1.54) is 17.3 Å². The Kier molecular flexibility index (Phi) is 6.05. The number of carbonyl (C=O) groups is 1. The number of nitrogens with zero attached hydrogens (tertiary/aromatic N) is 2. The van der Waals surface area contributed by atoms with E-state index >= 15 is 0 Å². The highest BCUT2D eigenvalue weighted by Gasteiger charge is 2.15. The molecule has 0 aliphatic carbocycles. The molecule has 4 aromatic rings. The van der Waals surface area contributed by atoms with E-state index in [-0.39, 0.29) is 17.1 Å². The minimum atomic E-state index is -0.0899. The lowest BCUT2D eigenvalue weighted by atomic mass is 10.0. The topological polar surface area (TPSA) is 52.0 Å². The average Bonchev–Trinajstić information content (AvgIpc) is 2.77. The van der Waals surface area contributed by atoms with Gasteiger partial charge in [-0.1, -0.05) is 71.4 Å². The molecule has 4 nitrogen and oxygen atoms in total. The molecule has 0 atom stereocenters. The van der Waals surface area contributed by atoms with Crippen molar-refractivity contribution >= 4 is 28.4 Å². The number of hydrogen-bond donors (Lipinski definition) is 0. The molecule has 31 heavy (non-hydrogen) atoms. The number of rotatable bonds is 6. The number of carbonyl (C=O) groups excluding carboxylic acids is 1. The number of para-hydroxylation sites is 1. The lowest BCUT2D eigenvalue weighted by molar-refractivity contribution is 0.102. The molecule has 0 fully saturated rings. The minimum absolute atomic E-state index is 0.0375. The average molecular weight is 429 g/mol. The minimum Gasteiger partial charge on any atom is -0.293 e. The van der Waals surface area contributed by atoms with Crippen LogP contribution in [0.2, 0.25) is 0 Å². The highest BCUT2D eigenvalue weighted by Crippen LogP contribution is 2.22. The van der Waals surface area contributed by atoms with Crippen molar-refractivity contribution in [2.45, 2.75) is 32.5 Å². The van der Waals surface area contributed by atoms with E-state index in [4.69, 9.17) is 4.98 Å². The van der Waals surface area contributed by atoms with Crippen LogP contribution < -0.4 is 5.56 Å². The van der Waals surface area contributed by atoms with Crippen LogP contribution in [0.5, 0.6) is 0 Å². The van der Waals surface area contributed by atoms with Crippen molar-refractivity contribution in [1.82, 2.24) is 9.55 Å². The van der Waals surface area contributed by atoms with Gasteiger partial charge in [0.1, 0.15) is 0 Å². The Morgan fingerprint density at radius 1 is 0.935 bits per heavy atom. The Labute approximate surface area is 186 Å². The maximum atomic E-state index is 13.3. The Morgan fingerprint density at radius 2 is 1.65 bits per heavy atom. The van der Waals surface area contributed by atoms with Crippen LogP contribution in [0.4, 0.5) is 0 Å². The smallest absolute Gasteiger partial charge is 0.262 e. The number of benzene rings is 3. The van der Waals surface area contributed by atoms with Gasteiger partial charge in [0.05, 0.1) is 23.2 Å². The summed E-state index contributed by atoms with van der Waals surface area (Å²) in [4.78, 5) is 30.9. The van der Waals surface area contributed by atoms with Gasteiger partial charge in [-0.2, -0.15) is 0 Å². The molecule has 1 aromatic heterocycles. The molecule has 156 valence electrons. The molecule has 0 amide bonds. The molecule has 0 aliphatic rings. The molecule has 3 aromatic carbocycles. The van der Waals surface area contributed by atoms with Crippen molar-refractivity contribution in [2.75, 3.05) is 5.75 Å². The summed E-state index contributed by atoms with van der Waals surface area (Å²) in [6, 6.07) is 21.4. The second kappa shape index (κ2) is 8.90. The number of thioether (sulfide) groups is 1. The first-order valence-electron chi connectivity index (χ1n) is 10.2. The van der Waals surface area contributed by atoms with Gasteiger partial charge in [-0.3, -0.25) is 14.2 Å². The van der Waals surface area contributed by atoms with Crippen LogP contribution in [0.25, 0.3) is 10.9 Å². The fraction of sp³-hybridized carbons (Fsp3) is 0.192. The Balaban J connectivity index is 1.70. The molecule has 0 aliphatic heterocycles. The van der Waals surface area contributed by atoms with Crippen LogP contribution in [0.3, 0.4) is 0 Å². The van der Waals surface area contributed by atoms with Gasteiger partial charge in [-0.05, 0) is 50.1 Å². The molecule has 0 bridgehead atoms. The van der Waals surface area contributed by atoms with Gasteiger partial charge in [0.15, 0.2) is 10.9 Å². The highest BCUT2D eigenvalue weighted by molar-refractivity contribution is 7.99. The third-order valence-corrected chi connectivity index (χ3v) is 6.29. The summed E-state index contributed by atoms with van der Waals surface area (Å²) in [5.41, 5.74) is 5.48. The first-order chi connectivity index (χ1) is 14.9. The van der Waals surface area contributed by atoms with E-state index in [1.807, 2.05) is 81.4 Å². The number of fused-ring (bicyclic) bond motifs is 1. The van der Waals surface area contributed by atoms with Crippen LogP contribution in [0.15, 0.2) is 76.7 Å². The first kappa shape index (κ1) is 21.1. The largest absolute Gasteiger partial charge is 0.293 e. The molecular formula is C26H24N2O2S. The van der Waals surface area contributed by atoms with E-state index in [0.29, 0.717) is 22.6 Å². The van der Waals surface area contributed by atoms with Gasteiger partial charge < -0.3 is 0 Å². The summed E-state index contributed by atoms with van der Waals surface area (Å²) in [7, 11) is 0. The zero-order valence-electron chi connectivity index (χ0n) is 17.9. The molecule has 0 saturated carbocycles. The standard InChI is InChI=1S/C26H24N2O2S/c1-17-9-12-20(13-10-17)15-28-25(30)21-6-4-5-7-23(21)27-26(28)31-16-24(29)22-14-18(2)8-11-19(22)3/h4-14H,15-16H2,1-3H3. The van der Waals surface area contributed by atoms with Crippen LogP contribution in [0.1, 0.15) is 32.6 Å². The normalized spacial score (nSPS) is 11.1. The van der Waals surface area contributed by atoms with Gasteiger partial charge >= 0.3 is 0 Å². The summed E-state index contributed by atoms with van der Waals surface area (Å²) in [5.74, 6) is 0.263. The lowest BCUT2D eigenvalue weighted by Gasteiger charge is -2.14. The molecule has 0 unspecified atom stereocenters. The van der Waals surface area contributed by atoms with E-state index in [1.54, 1.807) is 10.6 Å². The predicted octanol–water partition coefficient (Wildman–Crippen LogP) is 5.35. The molecule has 5 heteroatoms.